The van der Waals surface area contributed by atoms with E-state index in [9.17, 15) is 4.21 Å². The number of methoxy groups -OCH3 is 1. The van der Waals surface area contributed by atoms with Crippen LogP contribution in [0.5, 0.6) is 5.75 Å². The van der Waals surface area contributed by atoms with Gasteiger partial charge >= 0.3 is 0 Å². The molecule has 1 rings (SSSR count). The van der Waals surface area contributed by atoms with Gasteiger partial charge in [-0.25, -0.2) is 8.93 Å². The van der Waals surface area contributed by atoms with Gasteiger partial charge in [-0.3, -0.25) is 0 Å². The first-order chi connectivity index (χ1) is 9.33. The second kappa shape index (κ2) is 6.87. The van der Waals surface area contributed by atoms with Crippen molar-refractivity contribution < 1.29 is 8.95 Å². The summed E-state index contributed by atoms with van der Waals surface area (Å²) in [6.07, 6.45) is 0.757. The van der Waals surface area contributed by atoms with Gasteiger partial charge in [0.2, 0.25) is 0 Å². The molecule has 0 aliphatic rings. The fraction of sp³-hybridized carbons (Fsp3) is 0.533. The molecule has 0 unspecified atom stereocenters. The summed E-state index contributed by atoms with van der Waals surface area (Å²) in [7, 11) is 0.421. The second-order valence-corrected chi connectivity index (χ2v) is 7.53. The summed E-state index contributed by atoms with van der Waals surface area (Å²) in [5.74, 6) is 0.703. The molecule has 0 saturated heterocycles. The summed E-state index contributed by atoms with van der Waals surface area (Å²) in [5.41, 5.74) is 1.44. The van der Waals surface area contributed by atoms with E-state index in [0.717, 1.165) is 12.0 Å². The highest BCUT2D eigenvalue weighted by Gasteiger charge is 2.24. The molecule has 0 aliphatic heterocycles. The van der Waals surface area contributed by atoms with E-state index in [1.54, 1.807) is 25.3 Å². The quantitative estimate of drug-likeness (QED) is 0.907. The van der Waals surface area contributed by atoms with Crippen molar-refractivity contribution in [2.75, 3.05) is 7.11 Å². The van der Waals surface area contributed by atoms with Gasteiger partial charge in [-0.05, 0) is 45.4 Å². The van der Waals surface area contributed by atoms with Gasteiger partial charge in [-0.2, -0.15) is 5.26 Å². The highest BCUT2D eigenvalue weighted by Crippen LogP contribution is 2.29. The maximum absolute atomic E-state index is 12.3. The Balaban J connectivity index is 3.12. The maximum atomic E-state index is 12.3. The fourth-order valence-electron chi connectivity index (χ4n) is 1.75. The van der Waals surface area contributed by atoms with Gasteiger partial charge in [0, 0.05) is 11.6 Å². The van der Waals surface area contributed by atoms with E-state index in [-0.39, 0.29) is 10.8 Å². The van der Waals surface area contributed by atoms with E-state index in [2.05, 4.69) is 10.8 Å². The Morgan fingerprint density at radius 3 is 2.55 bits per heavy atom. The van der Waals surface area contributed by atoms with E-state index in [1.165, 1.54) is 0 Å². The van der Waals surface area contributed by atoms with E-state index in [4.69, 9.17) is 10.00 Å². The van der Waals surface area contributed by atoms with Gasteiger partial charge in [0.15, 0.2) is 0 Å². The zero-order valence-corrected chi connectivity index (χ0v) is 13.5. The lowest BCUT2D eigenvalue weighted by atomic mass is 10.0. The standard InChI is InChI=1S/C15H22N2O2S/c1-6-13(17-20(18)15(2,3)4)12-9-11(10-16)7-8-14(12)19-5/h7-9,13,17H,6H2,1-5H3/t13-,20-/m0/s1. The van der Waals surface area contributed by atoms with Crippen molar-refractivity contribution in [1.82, 2.24) is 4.72 Å². The van der Waals surface area contributed by atoms with Crippen LogP contribution in [-0.2, 0) is 11.0 Å². The summed E-state index contributed by atoms with van der Waals surface area (Å²) in [5, 5.41) is 9.02. The number of hydrogen-bond acceptors (Lipinski definition) is 3. The number of rotatable bonds is 5. The predicted molar refractivity (Wildman–Crippen MR) is 81.8 cm³/mol. The molecule has 2 atom stereocenters. The predicted octanol–water partition coefficient (Wildman–Crippen LogP) is 3.07. The fourth-order valence-corrected chi connectivity index (χ4v) is 2.65. The van der Waals surface area contributed by atoms with Crippen molar-refractivity contribution >= 4 is 11.0 Å². The molecule has 5 heteroatoms. The van der Waals surface area contributed by atoms with Crippen LogP contribution in [0.25, 0.3) is 0 Å². The van der Waals surface area contributed by atoms with Crippen LogP contribution in [0.4, 0.5) is 0 Å². The first-order valence-corrected chi connectivity index (χ1v) is 7.74. The number of ether oxygens (including phenoxy) is 1. The SMILES string of the molecule is CC[C@H](N[S@@](=O)C(C)(C)C)c1cc(C#N)ccc1OC. The zero-order valence-electron chi connectivity index (χ0n) is 12.7. The minimum atomic E-state index is -1.18. The number of benzene rings is 1. The molecule has 110 valence electrons. The average Bonchev–Trinajstić information content (AvgIpc) is 2.42. The Morgan fingerprint density at radius 1 is 1.45 bits per heavy atom. The molecule has 1 aromatic rings. The number of hydrogen-bond donors (Lipinski definition) is 1. The van der Waals surface area contributed by atoms with Gasteiger partial charge in [-0.15, -0.1) is 0 Å². The van der Waals surface area contributed by atoms with Crippen molar-refractivity contribution in [3.05, 3.63) is 29.3 Å². The normalized spacial score (nSPS) is 14.4. The Kier molecular flexibility index (Phi) is 5.73. The molecule has 0 amide bonds. The summed E-state index contributed by atoms with van der Waals surface area (Å²) in [6.45, 7) is 7.78. The van der Waals surface area contributed by atoms with E-state index < -0.39 is 11.0 Å². The molecule has 0 aromatic heterocycles. The van der Waals surface area contributed by atoms with Gasteiger partial charge in [0.1, 0.15) is 5.75 Å². The van der Waals surface area contributed by atoms with Crippen molar-refractivity contribution in [2.45, 2.75) is 44.9 Å². The molecule has 0 fully saturated rings. The van der Waals surface area contributed by atoms with Crippen molar-refractivity contribution in [3.8, 4) is 11.8 Å². The van der Waals surface area contributed by atoms with Crippen LogP contribution in [0.15, 0.2) is 18.2 Å². The lowest BCUT2D eigenvalue weighted by molar-refractivity contribution is 0.403. The molecule has 1 aromatic carbocycles. The molecule has 0 bridgehead atoms. The summed E-state index contributed by atoms with van der Waals surface area (Å²) < 4.78 is 20.4. The van der Waals surface area contributed by atoms with Crippen LogP contribution in [0, 0.1) is 11.3 Å². The first kappa shape index (κ1) is 16.7. The third kappa shape index (κ3) is 4.06. The Bertz CT molecular complexity index is 530. The molecule has 0 saturated carbocycles. The highest BCUT2D eigenvalue weighted by atomic mass is 32.2. The molecule has 0 spiro atoms. The Labute approximate surface area is 123 Å². The van der Waals surface area contributed by atoms with Crippen LogP contribution < -0.4 is 9.46 Å². The number of nitrogens with zero attached hydrogens (tertiary/aromatic N) is 1. The number of nitriles is 1. The Hall–Kier alpha value is -1.38. The largest absolute Gasteiger partial charge is 0.496 e. The third-order valence-electron chi connectivity index (χ3n) is 2.95. The van der Waals surface area contributed by atoms with Crippen LogP contribution in [0.3, 0.4) is 0 Å². The summed E-state index contributed by atoms with van der Waals surface area (Å²) >= 11 is 0. The van der Waals surface area contributed by atoms with Crippen LogP contribution in [0.2, 0.25) is 0 Å². The first-order valence-electron chi connectivity index (χ1n) is 6.59. The molecule has 0 radical (unpaired) electrons. The topological polar surface area (TPSA) is 62.1 Å². The second-order valence-electron chi connectivity index (χ2n) is 5.53. The number of nitrogens with one attached hydrogen (secondary N) is 1. The molecular weight excluding hydrogens is 272 g/mol. The molecule has 0 aliphatic carbocycles. The van der Waals surface area contributed by atoms with Crippen molar-refractivity contribution in [3.63, 3.8) is 0 Å². The van der Waals surface area contributed by atoms with E-state index >= 15 is 0 Å². The van der Waals surface area contributed by atoms with E-state index in [0.29, 0.717) is 11.3 Å². The zero-order chi connectivity index (χ0) is 15.3. The third-order valence-corrected chi connectivity index (χ3v) is 4.56. The smallest absolute Gasteiger partial charge is 0.123 e. The summed E-state index contributed by atoms with van der Waals surface area (Å²) in [4.78, 5) is 0. The molecule has 0 heterocycles. The van der Waals surface area contributed by atoms with Gasteiger partial charge in [0.25, 0.3) is 0 Å². The summed E-state index contributed by atoms with van der Waals surface area (Å²) in [6, 6.07) is 7.29. The minimum absolute atomic E-state index is 0.113. The maximum Gasteiger partial charge on any atom is 0.123 e. The molecule has 4 nitrogen and oxygen atoms in total. The molecular formula is C15H22N2O2S. The lowest BCUT2D eigenvalue weighted by Crippen LogP contribution is -2.35. The van der Waals surface area contributed by atoms with E-state index in [1.807, 2.05) is 27.7 Å². The highest BCUT2D eigenvalue weighted by molar-refractivity contribution is 7.84. The lowest BCUT2D eigenvalue weighted by Gasteiger charge is -2.25. The Morgan fingerprint density at radius 2 is 2.10 bits per heavy atom. The monoisotopic (exact) mass is 294 g/mol. The molecule has 1 N–H and O–H groups in total. The van der Waals surface area contributed by atoms with Gasteiger partial charge in [-0.1, -0.05) is 6.92 Å². The van der Waals surface area contributed by atoms with Crippen molar-refractivity contribution in [2.24, 2.45) is 0 Å². The van der Waals surface area contributed by atoms with Crippen LogP contribution in [-0.4, -0.2) is 16.1 Å². The van der Waals surface area contributed by atoms with Gasteiger partial charge in [0.05, 0.1) is 34.5 Å². The average molecular weight is 294 g/mol. The van der Waals surface area contributed by atoms with Crippen LogP contribution >= 0.6 is 0 Å². The molecule has 20 heavy (non-hydrogen) atoms. The van der Waals surface area contributed by atoms with Crippen LogP contribution in [0.1, 0.15) is 51.3 Å². The van der Waals surface area contributed by atoms with Crippen molar-refractivity contribution in [1.29, 1.82) is 5.26 Å². The minimum Gasteiger partial charge on any atom is -0.496 e. The van der Waals surface area contributed by atoms with Gasteiger partial charge < -0.3 is 4.74 Å².